The standard InChI is InChI=1S/C24H33NO2/c1-3-5-7-9-16-26-20-11-12-21-19(18-20)10-14-23-22(21)13-15-24(25-23)27-17-8-6-4-2/h11-13,15,18H,3-10,14,16-17H2,1-2H3. The van der Waals surface area contributed by atoms with E-state index < -0.39 is 0 Å². The molecule has 0 atom stereocenters. The van der Waals surface area contributed by atoms with Crippen molar-refractivity contribution in [1.29, 1.82) is 0 Å². The predicted molar refractivity (Wildman–Crippen MR) is 112 cm³/mol. The van der Waals surface area contributed by atoms with Gasteiger partial charge in [-0.3, -0.25) is 0 Å². The highest BCUT2D eigenvalue weighted by atomic mass is 16.5. The van der Waals surface area contributed by atoms with E-state index in [1.54, 1.807) is 0 Å². The highest BCUT2D eigenvalue weighted by molar-refractivity contribution is 5.73. The van der Waals surface area contributed by atoms with E-state index in [2.05, 4.69) is 38.1 Å². The highest BCUT2D eigenvalue weighted by Crippen LogP contribution is 2.35. The third-order valence-corrected chi connectivity index (χ3v) is 5.21. The van der Waals surface area contributed by atoms with Crippen molar-refractivity contribution >= 4 is 0 Å². The third-order valence-electron chi connectivity index (χ3n) is 5.21. The summed E-state index contributed by atoms with van der Waals surface area (Å²) in [6.07, 6.45) is 10.4. The molecule has 0 aliphatic heterocycles. The van der Waals surface area contributed by atoms with Crippen molar-refractivity contribution in [1.82, 2.24) is 4.98 Å². The Balaban J connectivity index is 1.62. The molecule has 1 heterocycles. The first-order valence-corrected chi connectivity index (χ1v) is 10.7. The molecule has 1 aliphatic carbocycles. The maximum absolute atomic E-state index is 5.95. The first-order chi connectivity index (χ1) is 13.3. The van der Waals surface area contributed by atoms with E-state index in [0.29, 0.717) is 0 Å². The summed E-state index contributed by atoms with van der Waals surface area (Å²) in [5.41, 5.74) is 5.06. The Morgan fingerprint density at radius 1 is 0.778 bits per heavy atom. The van der Waals surface area contributed by atoms with Crippen molar-refractivity contribution in [2.75, 3.05) is 13.2 Å². The quantitative estimate of drug-likeness (QED) is 0.432. The topological polar surface area (TPSA) is 31.4 Å². The summed E-state index contributed by atoms with van der Waals surface area (Å²) in [6.45, 7) is 6.01. The lowest BCUT2D eigenvalue weighted by atomic mass is 9.88. The summed E-state index contributed by atoms with van der Waals surface area (Å²) < 4.78 is 11.8. The number of hydrogen-bond donors (Lipinski definition) is 0. The molecule has 0 fully saturated rings. The average Bonchev–Trinajstić information content (AvgIpc) is 2.70. The minimum Gasteiger partial charge on any atom is -0.494 e. The number of pyridine rings is 1. The Labute approximate surface area is 164 Å². The molecular formula is C24H33NO2. The Bertz CT molecular complexity index is 726. The van der Waals surface area contributed by atoms with Crippen LogP contribution in [0, 0.1) is 0 Å². The molecule has 3 nitrogen and oxygen atoms in total. The van der Waals surface area contributed by atoms with E-state index in [4.69, 9.17) is 14.5 Å². The molecule has 0 unspecified atom stereocenters. The number of fused-ring (bicyclic) bond motifs is 3. The monoisotopic (exact) mass is 367 g/mol. The Morgan fingerprint density at radius 2 is 1.52 bits per heavy atom. The van der Waals surface area contributed by atoms with E-state index in [-0.39, 0.29) is 0 Å². The summed E-state index contributed by atoms with van der Waals surface area (Å²) in [5, 5.41) is 0. The average molecular weight is 368 g/mol. The van der Waals surface area contributed by atoms with Crippen LogP contribution < -0.4 is 9.47 Å². The predicted octanol–water partition coefficient (Wildman–Crippen LogP) is 6.38. The summed E-state index contributed by atoms with van der Waals surface area (Å²) >= 11 is 0. The number of hydrogen-bond acceptors (Lipinski definition) is 3. The van der Waals surface area contributed by atoms with Gasteiger partial charge >= 0.3 is 0 Å². The fourth-order valence-corrected chi connectivity index (χ4v) is 3.63. The van der Waals surface area contributed by atoms with Gasteiger partial charge in [0.05, 0.1) is 18.9 Å². The molecule has 1 aromatic carbocycles. The second kappa shape index (κ2) is 10.3. The minimum absolute atomic E-state index is 0.759. The molecule has 1 aromatic heterocycles. The largest absolute Gasteiger partial charge is 0.494 e. The molecule has 1 aliphatic rings. The maximum Gasteiger partial charge on any atom is 0.213 e. The molecule has 0 amide bonds. The van der Waals surface area contributed by atoms with Crippen LogP contribution in [0.3, 0.4) is 0 Å². The second-order valence-corrected chi connectivity index (χ2v) is 7.43. The van der Waals surface area contributed by atoms with Gasteiger partial charge in [0.2, 0.25) is 5.88 Å². The van der Waals surface area contributed by atoms with Gasteiger partial charge in [-0.1, -0.05) is 52.0 Å². The normalized spacial score (nSPS) is 12.4. The first kappa shape index (κ1) is 19.7. The molecule has 3 rings (SSSR count). The van der Waals surface area contributed by atoms with E-state index in [0.717, 1.165) is 56.2 Å². The van der Waals surface area contributed by atoms with Crippen LogP contribution in [-0.2, 0) is 12.8 Å². The number of rotatable bonds is 11. The van der Waals surface area contributed by atoms with Crippen molar-refractivity contribution < 1.29 is 9.47 Å². The maximum atomic E-state index is 5.95. The fourth-order valence-electron chi connectivity index (χ4n) is 3.63. The van der Waals surface area contributed by atoms with E-state index >= 15 is 0 Å². The van der Waals surface area contributed by atoms with Crippen LogP contribution in [0.4, 0.5) is 0 Å². The van der Waals surface area contributed by atoms with Gasteiger partial charge in [0.1, 0.15) is 5.75 Å². The van der Waals surface area contributed by atoms with Gasteiger partial charge in [0.25, 0.3) is 0 Å². The number of aryl methyl sites for hydroxylation is 2. The van der Waals surface area contributed by atoms with Gasteiger partial charge in [-0.05, 0) is 55.0 Å². The van der Waals surface area contributed by atoms with E-state index in [1.807, 2.05) is 6.07 Å². The van der Waals surface area contributed by atoms with Gasteiger partial charge in [-0.25, -0.2) is 4.98 Å². The van der Waals surface area contributed by atoms with Crippen molar-refractivity contribution in [2.45, 2.75) is 71.6 Å². The van der Waals surface area contributed by atoms with E-state index in [1.165, 1.54) is 48.8 Å². The van der Waals surface area contributed by atoms with Crippen LogP contribution in [0.1, 0.15) is 70.1 Å². The number of unbranched alkanes of at least 4 members (excludes halogenated alkanes) is 5. The molecule has 2 aromatic rings. The van der Waals surface area contributed by atoms with Gasteiger partial charge in [0.15, 0.2) is 0 Å². The molecule has 0 saturated carbocycles. The van der Waals surface area contributed by atoms with Gasteiger partial charge in [-0.15, -0.1) is 0 Å². The lowest BCUT2D eigenvalue weighted by Crippen LogP contribution is -2.08. The lowest BCUT2D eigenvalue weighted by Gasteiger charge is -2.20. The SMILES string of the molecule is CCCCCCOc1ccc2c(c1)CCc1nc(OCCCCC)ccc1-2. The zero-order valence-electron chi connectivity index (χ0n) is 16.9. The molecule has 3 heteroatoms. The lowest BCUT2D eigenvalue weighted by molar-refractivity contribution is 0.294. The zero-order chi connectivity index (χ0) is 18.9. The van der Waals surface area contributed by atoms with Gasteiger partial charge in [-0.2, -0.15) is 0 Å². The van der Waals surface area contributed by atoms with E-state index in [9.17, 15) is 0 Å². The molecule has 146 valence electrons. The van der Waals surface area contributed by atoms with Gasteiger partial charge < -0.3 is 9.47 Å². The Hall–Kier alpha value is -2.03. The number of nitrogens with zero attached hydrogens (tertiary/aromatic N) is 1. The van der Waals surface area contributed by atoms with Crippen LogP contribution >= 0.6 is 0 Å². The molecule has 0 spiro atoms. The first-order valence-electron chi connectivity index (χ1n) is 10.7. The molecule has 0 radical (unpaired) electrons. The summed E-state index contributed by atoms with van der Waals surface area (Å²) in [4.78, 5) is 4.76. The number of benzene rings is 1. The minimum atomic E-state index is 0.759. The molecule has 0 bridgehead atoms. The van der Waals surface area contributed by atoms with Crippen LogP contribution in [0.15, 0.2) is 30.3 Å². The van der Waals surface area contributed by atoms with Gasteiger partial charge in [0, 0.05) is 11.6 Å². The molecular weight excluding hydrogens is 334 g/mol. The third kappa shape index (κ3) is 5.47. The van der Waals surface area contributed by atoms with Crippen molar-refractivity contribution in [3.05, 3.63) is 41.6 Å². The van der Waals surface area contributed by atoms with Crippen LogP contribution in [0.25, 0.3) is 11.1 Å². The summed E-state index contributed by atoms with van der Waals surface area (Å²) in [5.74, 6) is 1.76. The summed E-state index contributed by atoms with van der Waals surface area (Å²) in [6, 6.07) is 10.7. The van der Waals surface area contributed by atoms with Crippen molar-refractivity contribution in [3.8, 4) is 22.8 Å². The van der Waals surface area contributed by atoms with Crippen LogP contribution in [0.2, 0.25) is 0 Å². The van der Waals surface area contributed by atoms with Crippen molar-refractivity contribution in [3.63, 3.8) is 0 Å². The van der Waals surface area contributed by atoms with Crippen LogP contribution in [0.5, 0.6) is 11.6 Å². The highest BCUT2D eigenvalue weighted by Gasteiger charge is 2.18. The summed E-state index contributed by atoms with van der Waals surface area (Å²) in [7, 11) is 0. The Kier molecular flexibility index (Phi) is 7.55. The molecule has 0 N–H and O–H groups in total. The molecule has 27 heavy (non-hydrogen) atoms. The fraction of sp³-hybridized carbons (Fsp3) is 0.542. The Morgan fingerprint density at radius 3 is 2.37 bits per heavy atom. The second-order valence-electron chi connectivity index (χ2n) is 7.43. The molecule has 0 saturated heterocycles. The number of aromatic nitrogens is 1. The number of ether oxygens (including phenoxy) is 2. The van der Waals surface area contributed by atoms with Crippen molar-refractivity contribution in [2.24, 2.45) is 0 Å². The van der Waals surface area contributed by atoms with Crippen LogP contribution in [-0.4, -0.2) is 18.2 Å². The smallest absolute Gasteiger partial charge is 0.213 e. The zero-order valence-corrected chi connectivity index (χ0v) is 16.9.